The molecule has 0 aliphatic heterocycles. The topological polar surface area (TPSA) is 258 Å². The van der Waals surface area contributed by atoms with Crippen molar-refractivity contribution in [1.82, 2.24) is 20.8 Å². The number of aromatic hydroxyl groups is 2. The van der Waals surface area contributed by atoms with Gasteiger partial charge in [-0.25, -0.2) is 10.9 Å². The molecule has 0 saturated carbocycles. The molecule has 6 N–H and O–H groups in total. The number of pyridine rings is 2. The van der Waals surface area contributed by atoms with E-state index in [9.17, 15) is 45.7 Å². The van der Waals surface area contributed by atoms with Gasteiger partial charge in [0.1, 0.15) is 20.8 Å². The Morgan fingerprint density at radius 2 is 1.10 bits per heavy atom. The Hall–Kier alpha value is -5.04. The number of phenols is 2. The molecule has 0 fully saturated rings. The van der Waals surface area contributed by atoms with E-state index in [0.29, 0.717) is 0 Å². The van der Waals surface area contributed by atoms with E-state index in [2.05, 4.69) is 20.2 Å². The zero-order valence-corrected chi connectivity index (χ0v) is 21.3. The molecule has 0 bridgehead atoms. The Balaban J connectivity index is 1.50. The van der Waals surface area contributed by atoms with Gasteiger partial charge in [0, 0.05) is 34.3 Å². The van der Waals surface area contributed by atoms with Crippen molar-refractivity contribution in [2.24, 2.45) is 10.2 Å². The van der Waals surface area contributed by atoms with Gasteiger partial charge in [0.25, 0.3) is 20.2 Å². The fourth-order valence-corrected chi connectivity index (χ4v) is 4.92. The zero-order valence-electron chi connectivity index (χ0n) is 19.6. The highest BCUT2D eigenvalue weighted by Gasteiger charge is 2.21. The number of nitrogens with one attached hydrogen (secondary N) is 2. The summed E-state index contributed by atoms with van der Waals surface area (Å²) in [6.07, 6.45) is 4.12. The van der Waals surface area contributed by atoms with Crippen molar-refractivity contribution in [3.63, 3.8) is 0 Å². The summed E-state index contributed by atoms with van der Waals surface area (Å²) in [6.45, 7) is 0. The molecule has 0 unspecified atom stereocenters. The predicted molar refractivity (Wildman–Crippen MR) is 138 cm³/mol. The summed E-state index contributed by atoms with van der Waals surface area (Å²) in [5.74, 6) is -3.79. The number of hydrazone groups is 2. The van der Waals surface area contributed by atoms with Crippen LogP contribution in [0.1, 0.15) is 11.1 Å². The van der Waals surface area contributed by atoms with E-state index in [1.165, 1.54) is 36.7 Å². The van der Waals surface area contributed by atoms with Crippen molar-refractivity contribution >= 4 is 66.3 Å². The van der Waals surface area contributed by atoms with Gasteiger partial charge in [0.05, 0.1) is 12.4 Å². The number of amides is 2. The van der Waals surface area contributed by atoms with Crippen LogP contribution in [-0.4, -0.2) is 70.4 Å². The Kier molecular flexibility index (Phi) is 7.42. The second kappa shape index (κ2) is 10.6. The van der Waals surface area contributed by atoms with Crippen LogP contribution in [0.2, 0.25) is 0 Å². The predicted octanol–water partition coefficient (Wildman–Crippen LogP) is 0.288. The smallest absolute Gasteiger partial charge is 0.331 e. The van der Waals surface area contributed by atoms with Gasteiger partial charge in [-0.1, -0.05) is 0 Å². The Labute approximate surface area is 224 Å². The normalized spacial score (nSPS) is 12.3. The van der Waals surface area contributed by atoms with E-state index in [4.69, 9.17) is 0 Å². The van der Waals surface area contributed by atoms with Crippen LogP contribution in [-0.2, 0) is 29.8 Å². The van der Waals surface area contributed by atoms with Gasteiger partial charge in [0.2, 0.25) is 0 Å². The van der Waals surface area contributed by atoms with Crippen LogP contribution in [0.5, 0.6) is 11.5 Å². The summed E-state index contributed by atoms with van der Waals surface area (Å²) < 4.78 is 66.0. The molecule has 0 spiro atoms. The maximum atomic E-state index is 12.0. The molecule has 2 amide bonds. The molecule has 40 heavy (non-hydrogen) atoms. The summed E-state index contributed by atoms with van der Waals surface area (Å²) >= 11 is 0. The molecule has 2 aromatic heterocycles. The SMILES string of the molecule is O=C(N/N=C/c1cc(S(=O)(=O)O)c2cccnc2c1O)C(=O)N/N=C/c1cc(S(=O)(=O)O)c2cccnc2c1O. The third kappa shape index (κ3) is 5.68. The molecule has 2 heterocycles. The molecular weight excluding hydrogens is 572 g/mol. The van der Waals surface area contributed by atoms with Crippen LogP contribution in [0, 0.1) is 0 Å². The number of carbonyl (C=O) groups is 2. The number of phenolic OH excluding ortho intramolecular Hbond substituents is 2. The van der Waals surface area contributed by atoms with Crippen LogP contribution in [0.25, 0.3) is 21.8 Å². The lowest BCUT2D eigenvalue weighted by atomic mass is 10.1. The Morgan fingerprint density at radius 1 is 0.725 bits per heavy atom. The summed E-state index contributed by atoms with van der Waals surface area (Å²) in [7, 11) is -9.46. The molecule has 4 rings (SSSR count). The van der Waals surface area contributed by atoms with Crippen molar-refractivity contribution in [2.75, 3.05) is 0 Å². The maximum Gasteiger partial charge on any atom is 0.331 e. The van der Waals surface area contributed by atoms with Gasteiger partial charge < -0.3 is 10.2 Å². The largest absolute Gasteiger partial charge is 0.505 e. The van der Waals surface area contributed by atoms with Gasteiger partial charge in [-0.15, -0.1) is 0 Å². The molecule has 206 valence electrons. The second-order valence-electron chi connectivity index (χ2n) is 7.77. The number of carbonyl (C=O) groups excluding carboxylic acids is 2. The first-order chi connectivity index (χ1) is 18.8. The third-order valence-electron chi connectivity index (χ3n) is 5.22. The van der Waals surface area contributed by atoms with Crippen molar-refractivity contribution in [2.45, 2.75) is 9.79 Å². The van der Waals surface area contributed by atoms with E-state index in [1.54, 1.807) is 0 Å². The molecule has 2 aromatic carbocycles. The van der Waals surface area contributed by atoms with Gasteiger partial charge >= 0.3 is 11.8 Å². The number of nitrogens with zero attached hydrogens (tertiary/aromatic N) is 4. The number of rotatable bonds is 6. The Bertz CT molecular complexity index is 1830. The molecule has 4 aromatic rings. The first-order valence-corrected chi connectivity index (χ1v) is 13.5. The van der Waals surface area contributed by atoms with Gasteiger partial charge in [-0.3, -0.25) is 28.7 Å². The van der Waals surface area contributed by atoms with E-state index >= 15 is 0 Å². The Morgan fingerprint density at radius 3 is 1.45 bits per heavy atom. The van der Waals surface area contributed by atoms with E-state index in [-0.39, 0.29) is 32.9 Å². The van der Waals surface area contributed by atoms with E-state index < -0.39 is 53.3 Å². The van der Waals surface area contributed by atoms with Crippen molar-refractivity contribution in [3.05, 3.63) is 59.9 Å². The quantitative estimate of drug-likeness (QED) is 0.0768. The molecule has 18 heteroatoms. The van der Waals surface area contributed by atoms with Crippen molar-refractivity contribution < 1.29 is 45.7 Å². The molecule has 0 atom stereocenters. The standard InChI is InChI=1S/C22H16N6O10S2/c29-19-11(7-15(39(33,34)35)13-3-1-5-23-17(13)19)9-25-27-21(31)22(32)28-26-10-12-8-16(40(36,37)38)14-4-2-6-24-18(14)20(12)30/h1-10,29-30H,(H,27,31)(H,28,32)(H,33,34,35)(H,36,37,38)/b25-9+,26-10+. The van der Waals surface area contributed by atoms with Crippen LogP contribution in [0.3, 0.4) is 0 Å². The first-order valence-electron chi connectivity index (χ1n) is 10.6. The van der Waals surface area contributed by atoms with Crippen LogP contribution < -0.4 is 10.9 Å². The van der Waals surface area contributed by atoms with E-state index in [1.807, 2.05) is 10.9 Å². The number of hydrogen-bond donors (Lipinski definition) is 6. The monoisotopic (exact) mass is 588 g/mol. The minimum absolute atomic E-state index is 0.0714. The molecule has 0 saturated heterocycles. The summed E-state index contributed by atoms with van der Waals surface area (Å²) in [5, 5.41) is 27.5. The number of benzene rings is 2. The zero-order chi connectivity index (χ0) is 29.2. The molecule has 0 aliphatic rings. The fraction of sp³-hybridized carbons (Fsp3) is 0. The van der Waals surface area contributed by atoms with Crippen LogP contribution in [0.4, 0.5) is 0 Å². The van der Waals surface area contributed by atoms with Crippen molar-refractivity contribution in [1.29, 1.82) is 0 Å². The van der Waals surface area contributed by atoms with Crippen LogP contribution >= 0.6 is 0 Å². The highest BCUT2D eigenvalue weighted by molar-refractivity contribution is 7.86. The molecule has 16 nitrogen and oxygen atoms in total. The minimum Gasteiger partial charge on any atom is -0.505 e. The lowest BCUT2D eigenvalue weighted by Gasteiger charge is -2.08. The summed E-state index contributed by atoms with van der Waals surface area (Å²) in [6, 6.07) is 7.13. The summed E-state index contributed by atoms with van der Waals surface area (Å²) in [4.78, 5) is 30.6. The van der Waals surface area contributed by atoms with Gasteiger partial charge in [-0.2, -0.15) is 27.0 Å². The second-order valence-corrected chi connectivity index (χ2v) is 10.6. The van der Waals surface area contributed by atoms with E-state index in [0.717, 1.165) is 24.6 Å². The number of aromatic nitrogens is 2. The lowest BCUT2D eigenvalue weighted by Crippen LogP contribution is -2.35. The molecule has 0 aliphatic carbocycles. The number of hydrogen-bond acceptors (Lipinski definition) is 12. The fourth-order valence-electron chi connectivity index (χ4n) is 3.48. The third-order valence-corrected chi connectivity index (χ3v) is 7.00. The minimum atomic E-state index is -4.73. The van der Waals surface area contributed by atoms with Gasteiger partial charge in [-0.05, 0) is 36.4 Å². The molecular formula is C22H16N6O10S2. The summed E-state index contributed by atoms with van der Waals surface area (Å²) in [5.41, 5.74) is 2.71. The maximum absolute atomic E-state index is 12.0. The van der Waals surface area contributed by atoms with Crippen LogP contribution in [0.15, 0.2) is 68.8 Å². The highest BCUT2D eigenvalue weighted by Crippen LogP contribution is 2.32. The highest BCUT2D eigenvalue weighted by atomic mass is 32.2. The van der Waals surface area contributed by atoms with Gasteiger partial charge in [0.15, 0.2) is 11.5 Å². The first kappa shape index (κ1) is 28.0. The number of fused-ring (bicyclic) bond motifs is 2. The average Bonchev–Trinajstić information content (AvgIpc) is 2.89. The molecule has 0 radical (unpaired) electrons. The average molecular weight is 589 g/mol. The van der Waals surface area contributed by atoms with Crippen molar-refractivity contribution in [3.8, 4) is 11.5 Å². The lowest BCUT2D eigenvalue weighted by molar-refractivity contribution is -0.139.